The molecule has 0 saturated carbocycles. The van der Waals surface area contributed by atoms with E-state index in [-0.39, 0.29) is 30.2 Å². The molecule has 4 nitrogen and oxygen atoms in total. The van der Waals surface area contributed by atoms with Gasteiger partial charge in [-0.05, 0) is 49.2 Å². The Morgan fingerprint density at radius 3 is 2.11 bits per heavy atom. The maximum absolute atomic E-state index is 13.7. The minimum absolute atomic E-state index is 0.0732. The Morgan fingerprint density at radius 1 is 0.861 bits per heavy atom. The highest BCUT2D eigenvalue weighted by molar-refractivity contribution is 7.99. The zero-order valence-corrected chi connectivity index (χ0v) is 23.3. The molecular formula is C28H29Cl3N2O2S. The summed E-state index contributed by atoms with van der Waals surface area (Å²) < 4.78 is 0. The second kappa shape index (κ2) is 13.9. The molecule has 0 fully saturated rings. The Kier molecular flexibility index (Phi) is 11.0. The average molecular weight is 564 g/mol. The molecule has 3 aromatic carbocycles. The standard InChI is InChI=1S/C28H29Cl3N2O2S/c1-19(2)32-28(35)26(15-20-7-4-3-5-8-20)33(16-23-24(30)9-6-10-25(23)31)27(34)18-36-17-21-11-13-22(29)14-12-21/h3-14,19,26H,15-18H2,1-2H3,(H,32,35)/t26-/m0/s1. The van der Waals surface area contributed by atoms with Gasteiger partial charge in [0.15, 0.2) is 0 Å². The van der Waals surface area contributed by atoms with Crippen LogP contribution in [-0.2, 0) is 28.3 Å². The highest BCUT2D eigenvalue weighted by Gasteiger charge is 2.31. The summed E-state index contributed by atoms with van der Waals surface area (Å²) in [6, 6.07) is 21.6. The molecule has 36 heavy (non-hydrogen) atoms. The lowest BCUT2D eigenvalue weighted by atomic mass is 10.0. The van der Waals surface area contributed by atoms with Crippen LogP contribution in [0, 0.1) is 0 Å². The quantitative estimate of drug-likeness (QED) is 0.272. The molecule has 0 aliphatic heterocycles. The van der Waals surface area contributed by atoms with Crippen LogP contribution in [0.1, 0.15) is 30.5 Å². The van der Waals surface area contributed by atoms with E-state index in [1.807, 2.05) is 68.4 Å². The number of thioether (sulfide) groups is 1. The van der Waals surface area contributed by atoms with Gasteiger partial charge in [-0.1, -0.05) is 83.3 Å². The summed E-state index contributed by atoms with van der Waals surface area (Å²) >= 11 is 20.4. The molecule has 0 saturated heterocycles. The van der Waals surface area contributed by atoms with Crippen molar-refractivity contribution in [3.63, 3.8) is 0 Å². The number of halogens is 3. The van der Waals surface area contributed by atoms with Gasteiger partial charge in [0.1, 0.15) is 6.04 Å². The van der Waals surface area contributed by atoms with Crippen molar-refractivity contribution < 1.29 is 9.59 Å². The average Bonchev–Trinajstić information content (AvgIpc) is 2.84. The van der Waals surface area contributed by atoms with E-state index in [2.05, 4.69) is 5.32 Å². The maximum atomic E-state index is 13.7. The fourth-order valence-electron chi connectivity index (χ4n) is 3.71. The van der Waals surface area contributed by atoms with Crippen LogP contribution in [0.15, 0.2) is 72.8 Å². The van der Waals surface area contributed by atoms with Gasteiger partial charge in [-0.15, -0.1) is 11.8 Å². The third kappa shape index (κ3) is 8.45. The molecule has 0 aliphatic carbocycles. The van der Waals surface area contributed by atoms with Crippen molar-refractivity contribution in [1.29, 1.82) is 0 Å². The smallest absolute Gasteiger partial charge is 0.243 e. The summed E-state index contributed by atoms with van der Waals surface area (Å²) in [7, 11) is 0. The zero-order chi connectivity index (χ0) is 26.1. The van der Waals surface area contributed by atoms with E-state index < -0.39 is 6.04 Å². The van der Waals surface area contributed by atoms with Crippen molar-refractivity contribution in [2.75, 3.05) is 5.75 Å². The SMILES string of the molecule is CC(C)NC(=O)[C@H](Cc1ccccc1)N(Cc1c(Cl)cccc1Cl)C(=O)CSCc1ccc(Cl)cc1. The van der Waals surface area contributed by atoms with Gasteiger partial charge in [-0.25, -0.2) is 0 Å². The lowest BCUT2D eigenvalue weighted by molar-refractivity contribution is -0.139. The fraction of sp³-hybridized carbons (Fsp3) is 0.286. The third-order valence-corrected chi connectivity index (χ3v) is 7.45. The molecule has 0 heterocycles. The van der Waals surface area contributed by atoms with Gasteiger partial charge in [0, 0.05) is 45.4 Å². The van der Waals surface area contributed by atoms with Gasteiger partial charge in [0.2, 0.25) is 11.8 Å². The van der Waals surface area contributed by atoms with Crippen LogP contribution in [-0.4, -0.2) is 34.6 Å². The summed E-state index contributed by atoms with van der Waals surface area (Å²) in [5.74, 6) is 0.466. The molecule has 0 aromatic heterocycles. The van der Waals surface area contributed by atoms with E-state index in [0.717, 1.165) is 11.1 Å². The Balaban J connectivity index is 1.89. The summed E-state index contributed by atoms with van der Waals surface area (Å²) in [4.78, 5) is 28.7. The minimum atomic E-state index is -0.731. The van der Waals surface area contributed by atoms with Crippen molar-refractivity contribution in [3.8, 4) is 0 Å². The first-order valence-electron chi connectivity index (χ1n) is 11.6. The van der Waals surface area contributed by atoms with E-state index in [0.29, 0.717) is 32.8 Å². The number of nitrogens with one attached hydrogen (secondary N) is 1. The molecule has 0 bridgehead atoms. The molecule has 0 spiro atoms. The molecule has 1 N–H and O–H groups in total. The van der Waals surface area contributed by atoms with E-state index >= 15 is 0 Å². The van der Waals surface area contributed by atoms with Crippen molar-refractivity contribution in [3.05, 3.63) is 105 Å². The predicted octanol–water partition coefficient (Wildman–Crippen LogP) is 7.04. The fourth-order valence-corrected chi connectivity index (χ4v) is 5.22. The number of rotatable bonds is 11. The Hall–Kier alpha value is -2.18. The zero-order valence-electron chi connectivity index (χ0n) is 20.2. The van der Waals surface area contributed by atoms with Crippen LogP contribution in [0.25, 0.3) is 0 Å². The van der Waals surface area contributed by atoms with E-state index in [4.69, 9.17) is 34.8 Å². The number of carbonyl (C=O) groups is 2. The molecule has 0 unspecified atom stereocenters. The van der Waals surface area contributed by atoms with Gasteiger partial charge in [-0.3, -0.25) is 9.59 Å². The van der Waals surface area contributed by atoms with Crippen molar-refractivity contribution in [2.24, 2.45) is 0 Å². The first-order chi connectivity index (χ1) is 17.2. The van der Waals surface area contributed by atoms with Gasteiger partial charge in [0.05, 0.1) is 5.75 Å². The predicted molar refractivity (Wildman–Crippen MR) is 152 cm³/mol. The molecule has 0 aliphatic rings. The van der Waals surface area contributed by atoms with Crippen LogP contribution < -0.4 is 5.32 Å². The summed E-state index contributed by atoms with van der Waals surface area (Å²) in [5, 5.41) is 4.56. The van der Waals surface area contributed by atoms with Crippen LogP contribution in [0.3, 0.4) is 0 Å². The molecule has 190 valence electrons. The monoisotopic (exact) mass is 562 g/mol. The van der Waals surface area contributed by atoms with E-state index in [9.17, 15) is 9.59 Å². The highest BCUT2D eigenvalue weighted by Crippen LogP contribution is 2.28. The Bertz CT molecular complexity index is 1140. The molecular weight excluding hydrogens is 535 g/mol. The molecule has 8 heteroatoms. The van der Waals surface area contributed by atoms with Crippen LogP contribution in [0.2, 0.25) is 15.1 Å². The summed E-state index contributed by atoms with van der Waals surface area (Å²) in [6.45, 7) is 3.93. The minimum Gasteiger partial charge on any atom is -0.352 e. The third-order valence-electron chi connectivity index (χ3n) is 5.50. The largest absolute Gasteiger partial charge is 0.352 e. The van der Waals surface area contributed by atoms with E-state index in [1.54, 1.807) is 23.1 Å². The second-order valence-electron chi connectivity index (χ2n) is 8.71. The summed E-state index contributed by atoms with van der Waals surface area (Å²) in [5.41, 5.74) is 2.64. The lowest BCUT2D eigenvalue weighted by Crippen LogP contribution is -2.52. The van der Waals surface area contributed by atoms with E-state index in [1.165, 1.54) is 11.8 Å². The number of benzene rings is 3. The summed E-state index contributed by atoms with van der Waals surface area (Å²) in [6.07, 6.45) is 0.370. The molecule has 1 atom stereocenters. The topological polar surface area (TPSA) is 49.4 Å². The molecule has 3 rings (SSSR count). The van der Waals surface area contributed by atoms with Crippen LogP contribution in [0.4, 0.5) is 0 Å². The van der Waals surface area contributed by atoms with Gasteiger partial charge in [-0.2, -0.15) is 0 Å². The lowest BCUT2D eigenvalue weighted by Gasteiger charge is -2.32. The number of amides is 2. The van der Waals surface area contributed by atoms with Crippen molar-refractivity contribution in [1.82, 2.24) is 10.2 Å². The Labute approximate surface area is 232 Å². The molecule has 0 radical (unpaired) electrons. The van der Waals surface area contributed by atoms with Gasteiger partial charge < -0.3 is 10.2 Å². The second-order valence-corrected chi connectivity index (χ2v) is 10.9. The first-order valence-corrected chi connectivity index (χ1v) is 13.9. The molecule has 3 aromatic rings. The number of carbonyl (C=O) groups excluding carboxylic acids is 2. The normalized spacial score (nSPS) is 11.8. The first kappa shape index (κ1) is 28.4. The maximum Gasteiger partial charge on any atom is 0.243 e. The van der Waals surface area contributed by atoms with Crippen molar-refractivity contribution >= 4 is 58.4 Å². The van der Waals surface area contributed by atoms with Crippen molar-refractivity contribution in [2.45, 2.75) is 44.6 Å². The van der Waals surface area contributed by atoms with Crippen LogP contribution >= 0.6 is 46.6 Å². The number of hydrogen-bond acceptors (Lipinski definition) is 3. The molecule has 2 amide bonds. The number of hydrogen-bond donors (Lipinski definition) is 1. The number of nitrogens with zero attached hydrogens (tertiary/aromatic N) is 1. The van der Waals surface area contributed by atoms with Gasteiger partial charge >= 0.3 is 0 Å². The Morgan fingerprint density at radius 2 is 1.50 bits per heavy atom. The van der Waals surface area contributed by atoms with Gasteiger partial charge in [0.25, 0.3) is 0 Å². The highest BCUT2D eigenvalue weighted by atomic mass is 35.5. The van der Waals surface area contributed by atoms with Crippen LogP contribution in [0.5, 0.6) is 0 Å².